The predicted octanol–water partition coefficient (Wildman–Crippen LogP) is 6.01. The smallest absolute Gasteiger partial charge is 0.411 e. The molecule has 0 saturated heterocycles. The molecule has 282 valence electrons. The van der Waals surface area contributed by atoms with E-state index in [-0.39, 0.29) is 46.7 Å². The average Bonchev–Trinajstić information content (AvgIpc) is 3.91. The first-order valence-corrected chi connectivity index (χ1v) is 18.4. The van der Waals surface area contributed by atoms with Crippen molar-refractivity contribution >= 4 is 50.3 Å². The Labute approximate surface area is 305 Å². The summed E-state index contributed by atoms with van der Waals surface area (Å²) < 4.78 is 52.1. The van der Waals surface area contributed by atoms with Gasteiger partial charge >= 0.3 is 18.2 Å². The Balaban J connectivity index is 1.26. The number of benzene rings is 3. The minimum absolute atomic E-state index is 0.0409. The Morgan fingerprint density at radius 2 is 1.77 bits per heavy atom. The molecule has 53 heavy (non-hydrogen) atoms. The van der Waals surface area contributed by atoms with Crippen LogP contribution in [0.1, 0.15) is 67.5 Å². The molecule has 1 aliphatic rings. The van der Waals surface area contributed by atoms with Crippen molar-refractivity contribution in [3.63, 3.8) is 0 Å². The monoisotopic (exact) mass is 751 g/mol. The Kier molecular flexibility index (Phi) is 11.1. The van der Waals surface area contributed by atoms with Crippen LogP contribution in [0.25, 0.3) is 10.9 Å². The van der Waals surface area contributed by atoms with Gasteiger partial charge in [-0.3, -0.25) is 10.1 Å². The van der Waals surface area contributed by atoms with E-state index in [1.54, 1.807) is 46.8 Å². The molecule has 4 N–H and O–H groups in total. The number of ether oxygens (including phenoxy) is 2. The summed E-state index contributed by atoms with van der Waals surface area (Å²) in [6.07, 6.45) is 1.13. The number of nitrogens with zero attached hydrogens (tertiary/aromatic N) is 2. The van der Waals surface area contributed by atoms with Crippen molar-refractivity contribution in [3.8, 4) is 0 Å². The van der Waals surface area contributed by atoms with Gasteiger partial charge in [0, 0.05) is 25.2 Å². The van der Waals surface area contributed by atoms with Crippen LogP contribution in [0.5, 0.6) is 0 Å². The van der Waals surface area contributed by atoms with Crippen molar-refractivity contribution in [2.24, 2.45) is 0 Å². The summed E-state index contributed by atoms with van der Waals surface area (Å²) in [5.41, 5.74) is 1.86. The number of carbonyl (C=O) groups excluding carboxylic acids is 2. The van der Waals surface area contributed by atoms with Crippen LogP contribution in [-0.4, -0.2) is 71.1 Å². The number of nitrogens with one attached hydrogen (secondary N) is 3. The second-order valence-corrected chi connectivity index (χ2v) is 16.2. The van der Waals surface area contributed by atoms with E-state index in [2.05, 4.69) is 20.6 Å². The normalized spacial score (nSPS) is 13.6. The summed E-state index contributed by atoms with van der Waals surface area (Å²) in [5.74, 6) is -2.04. The summed E-state index contributed by atoms with van der Waals surface area (Å²) >= 11 is 0. The van der Waals surface area contributed by atoms with Crippen molar-refractivity contribution in [2.45, 2.75) is 82.2 Å². The molecule has 0 spiro atoms. The second kappa shape index (κ2) is 15.2. The summed E-state index contributed by atoms with van der Waals surface area (Å²) in [7, 11) is -2.14. The molecule has 1 unspecified atom stereocenters. The van der Waals surface area contributed by atoms with Crippen LogP contribution < -0.4 is 16.2 Å². The van der Waals surface area contributed by atoms with Crippen LogP contribution >= 0.6 is 0 Å². The molecule has 4 aromatic rings. The highest BCUT2D eigenvalue weighted by Crippen LogP contribution is 2.36. The number of anilines is 2. The van der Waals surface area contributed by atoms with Gasteiger partial charge < -0.3 is 29.8 Å². The molecule has 16 heteroatoms. The first-order chi connectivity index (χ1) is 24.8. The van der Waals surface area contributed by atoms with Gasteiger partial charge in [-0.05, 0) is 99.5 Å². The van der Waals surface area contributed by atoms with Gasteiger partial charge in [0.15, 0.2) is 15.9 Å². The van der Waals surface area contributed by atoms with Crippen molar-refractivity contribution in [1.29, 1.82) is 0 Å². The third-order valence-electron chi connectivity index (χ3n) is 8.60. The number of amides is 2. The van der Waals surface area contributed by atoms with Crippen molar-refractivity contribution in [3.05, 3.63) is 92.8 Å². The van der Waals surface area contributed by atoms with Gasteiger partial charge in [0.2, 0.25) is 0 Å². The summed E-state index contributed by atoms with van der Waals surface area (Å²) in [6.45, 7) is 8.61. The molecular weight excluding hydrogens is 709 g/mol. The van der Waals surface area contributed by atoms with E-state index in [1.807, 2.05) is 0 Å². The maximum Gasteiger partial charge on any atom is 0.411 e. The third-order valence-corrected chi connectivity index (χ3v) is 11.0. The van der Waals surface area contributed by atoms with E-state index in [0.29, 0.717) is 35.1 Å². The largest absolute Gasteiger partial charge is 0.479 e. The number of sulfone groups is 1. The summed E-state index contributed by atoms with van der Waals surface area (Å²) in [6, 6.07) is 8.59. The quantitative estimate of drug-likeness (QED) is 0.132. The molecule has 0 aliphatic heterocycles. The zero-order chi connectivity index (χ0) is 38.8. The van der Waals surface area contributed by atoms with E-state index < -0.39 is 56.3 Å². The second-order valence-electron chi connectivity index (χ2n) is 14.0. The molecule has 2 amide bonds. The van der Waals surface area contributed by atoms with Gasteiger partial charge in [-0.25, -0.2) is 32.2 Å². The highest BCUT2D eigenvalue weighted by atomic mass is 32.2. The number of carboxylic acid groups (broad SMARTS) is 1. The van der Waals surface area contributed by atoms with Gasteiger partial charge in [-0.15, -0.1) is 0 Å². The van der Waals surface area contributed by atoms with Crippen LogP contribution in [0, 0.1) is 19.7 Å². The number of carboxylic acids is 1. The highest BCUT2D eigenvalue weighted by Gasteiger charge is 2.38. The Morgan fingerprint density at radius 1 is 1.09 bits per heavy atom. The third kappa shape index (κ3) is 9.30. The van der Waals surface area contributed by atoms with E-state index in [1.165, 1.54) is 36.2 Å². The maximum absolute atomic E-state index is 14.9. The number of aryl methyl sites for hydroxylation is 2. The number of aromatic amines is 1. The van der Waals surface area contributed by atoms with Gasteiger partial charge in [0.1, 0.15) is 11.4 Å². The molecular formula is C37H42FN5O9S. The lowest BCUT2D eigenvalue weighted by Crippen LogP contribution is -2.34. The van der Waals surface area contributed by atoms with Crippen LogP contribution in [0.3, 0.4) is 0 Å². The number of hydrogen-bond acceptors (Lipinski definition) is 10. The number of aromatic nitrogens is 2. The number of halogens is 1. The van der Waals surface area contributed by atoms with E-state index in [4.69, 9.17) is 9.47 Å². The van der Waals surface area contributed by atoms with Crippen LogP contribution in [-0.2, 0) is 37.1 Å². The fraction of sp³-hybridized carbons (Fsp3) is 0.378. The maximum atomic E-state index is 14.9. The van der Waals surface area contributed by atoms with Crippen LogP contribution in [0.2, 0.25) is 0 Å². The molecule has 0 radical (unpaired) electrons. The van der Waals surface area contributed by atoms with Crippen molar-refractivity contribution in [1.82, 2.24) is 14.9 Å². The topological polar surface area (TPSA) is 197 Å². The van der Waals surface area contributed by atoms with Gasteiger partial charge in [-0.1, -0.05) is 12.1 Å². The minimum Gasteiger partial charge on any atom is -0.479 e. The Hall–Kier alpha value is -5.51. The fourth-order valence-electron chi connectivity index (χ4n) is 5.91. The lowest BCUT2D eigenvalue weighted by atomic mass is 9.94. The summed E-state index contributed by atoms with van der Waals surface area (Å²) in [4.78, 5) is 57.7. The van der Waals surface area contributed by atoms with Crippen LogP contribution in [0.15, 0.2) is 58.5 Å². The highest BCUT2D eigenvalue weighted by molar-refractivity contribution is 7.92. The number of fused-ring (bicyclic) bond motifs is 1. The SMILES string of the molecule is Cc1cc(C(Nc2cc3c(=O)[nH]cnc3cc2F)C(=O)O)cc(C)c1CCOC(=O)Nc1ccc(S(=O)(=O)C2CC2)c(CN(C)C(=O)OC(C)(C)C)c1. The van der Waals surface area contributed by atoms with E-state index in [0.717, 1.165) is 18.0 Å². The standard InChI is InChI=1S/C37H42FN5O9S/c1-20-13-22(32(34(45)46)42-30-16-27-29(17-28(30)38)39-19-40-33(27)44)14-21(2)26(20)11-12-51-35(47)41-24-7-10-31(53(49,50)25-8-9-25)23(15-24)18-43(6)36(48)52-37(3,4)5/h7,10,13-17,19,25,32,42H,8-9,11-12,18H2,1-6H3,(H,41,47)(H,45,46)(H,39,40,44). The molecule has 1 fully saturated rings. The minimum atomic E-state index is -3.63. The molecule has 3 aromatic carbocycles. The van der Waals surface area contributed by atoms with Crippen molar-refractivity contribution in [2.75, 3.05) is 24.3 Å². The predicted molar refractivity (Wildman–Crippen MR) is 195 cm³/mol. The molecule has 0 bridgehead atoms. The van der Waals surface area contributed by atoms with Crippen molar-refractivity contribution < 1.29 is 41.8 Å². The van der Waals surface area contributed by atoms with Crippen LogP contribution in [0.4, 0.5) is 25.4 Å². The molecule has 5 rings (SSSR count). The summed E-state index contributed by atoms with van der Waals surface area (Å²) in [5, 5.41) is 15.0. The number of aliphatic carboxylic acids is 1. The zero-order valence-electron chi connectivity index (χ0n) is 30.2. The lowest BCUT2D eigenvalue weighted by Gasteiger charge is -2.25. The lowest BCUT2D eigenvalue weighted by molar-refractivity contribution is -0.138. The molecule has 1 aromatic heterocycles. The van der Waals surface area contributed by atoms with Gasteiger partial charge in [0.25, 0.3) is 5.56 Å². The molecule has 1 atom stereocenters. The molecule has 14 nitrogen and oxygen atoms in total. The molecule has 1 aliphatic carbocycles. The molecule has 1 saturated carbocycles. The number of hydrogen-bond donors (Lipinski definition) is 4. The first kappa shape index (κ1) is 38.7. The van der Waals surface area contributed by atoms with E-state index >= 15 is 0 Å². The Morgan fingerprint density at radius 3 is 2.40 bits per heavy atom. The Bertz CT molecular complexity index is 2220. The first-order valence-electron chi connectivity index (χ1n) is 16.8. The molecule has 1 heterocycles. The fourth-order valence-corrected chi connectivity index (χ4v) is 7.77. The average molecular weight is 752 g/mol. The number of carbonyl (C=O) groups is 3. The number of rotatable bonds is 12. The van der Waals surface area contributed by atoms with Gasteiger partial charge in [-0.2, -0.15) is 0 Å². The zero-order valence-corrected chi connectivity index (χ0v) is 31.0. The number of H-pyrrole nitrogens is 1. The van der Waals surface area contributed by atoms with E-state index in [9.17, 15) is 37.1 Å². The van der Waals surface area contributed by atoms with Gasteiger partial charge in [0.05, 0.1) is 46.2 Å².